The number of nitrogens with zero attached hydrogens (tertiary/aromatic N) is 1. The molecule has 0 atom stereocenters. The highest BCUT2D eigenvalue weighted by Crippen LogP contribution is 2.21. The van der Waals surface area contributed by atoms with E-state index < -0.39 is 10.0 Å². The van der Waals surface area contributed by atoms with Gasteiger partial charge in [0.2, 0.25) is 0 Å². The molecule has 2 rings (SSSR count). The lowest BCUT2D eigenvalue weighted by atomic mass is 10.3. The second kappa shape index (κ2) is 5.36. The van der Waals surface area contributed by atoms with Gasteiger partial charge >= 0.3 is 0 Å². The molecule has 0 saturated carbocycles. The number of benzene rings is 1. The Hall–Kier alpha value is -1.30. The van der Waals surface area contributed by atoms with Crippen molar-refractivity contribution < 1.29 is 8.42 Å². The van der Waals surface area contributed by atoms with Crippen LogP contribution in [0.2, 0.25) is 10.2 Å². The van der Waals surface area contributed by atoms with E-state index in [0.717, 1.165) is 0 Å². The molecule has 1 aromatic heterocycles. The van der Waals surface area contributed by atoms with Crippen molar-refractivity contribution in [2.24, 2.45) is 0 Å². The molecule has 1 heterocycles. The van der Waals surface area contributed by atoms with Gasteiger partial charge in [-0.05, 0) is 43.3 Å². The van der Waals surface area contributed by atoms with Crippen LogP contribution in [0.1, 0.15) is 5.69 Å². The Balaban J connectivity index is 2.33. The molecule has 0 radical (unpaired) electrons. The number of aryl methyl sites for hydroxylation is 1. The molecular weight excluding hydrogens is 307 g/mol. The third kappa shape index (κ3) is 3.37. The van der Waals surface area contributed by atoms with Gasteiger partial charge in [-0.3, -0.25) is 4.72 Å². The zero-order valence-electron chi connectivity index (χ0n) is 9.89. The van der Waals surface area contributed by atoms with Crippen molar-refractivity contribution in [2.45, 2.75) is 11.8 Å². The van der Waals surface area contributed by atoms with E-state index in [9.17, 15) is 8.42 Å². The minimum absolute atomic E-state index is 0.131. The summed E-state index contributed by atoms with van der Waals surface area (Å²) in [6, 6.07) is 8.99. The van der Waals surface area contributed by atoms with Crippen molar-refractivity contribution in [1.29, 1.82) is 0 Å². The quantitative estimate of drug-likeness (QED) is 0.882. The van der Waals surface area contributed by atoms with Gasteiger partial charge in [0.05, 0.1) is 16.3 Å². The van der Waals surface area contributed by atoms with Gasteiger partial charge in [-0.15, -0.1) is 0 Å². The van der Waals surface area contributed by atoms with Gasteiger partial charge in [0.25, 0.3) is 10.0 Å². The summed E-state index contributed by atoms with van der Waals surface area (Å²) in [7, 11) is -3.66. The minimum atomic E-state index is -3.66. The van der Waals surface area contributed by atoms with Crippen molar-refractivity contribution in [1.82, 2.24) is 4.98 Å². The van der Waals surface area contributed by atoms with Gasteiger partial charge in [-0.1, -0.05) is 23.2 Å². The van der Waals surface area contributed by atoms with Crippen LogP contribution in [0.25, 0.3) is 0 Å². The second-order valence-electron chi connectivity index (χ2n) is 3.83. The summed E-state index contributed by atoms with van der Waals surface area (Å²) in [5.41, 5.74) is 0.893. The zero-order valence-corrected chi connectivity index (χ0v) is 12.2. The predicted octanol–water partition coefficient (Wildman–Crippen LogP) is 3.50. The topological polar surface area (TPSA) is 59.1 Å². The SMILES string of the molecule is Cc1nc(Cl)ccc1NS(=O)(=O)c1ccc(Cl)cc1. The fourth-order valence-corrected chi connectivity index (χ4v) is 2.89. The summed E-state index contributed by atoms with van der Waals surface area (Å²) >= 11 is 11.4. The number of hydrogen-bond acceptors (Lipinski definition) is 3. The molecule has 0 fully saturated rings. The average Bonchev–Trinajstić information content (AvgIpc) is 2.33. The molecule has 0 aliphatic carbocycles. The third-order valence-corrected chi connectivity index (χ3v) is 4.26. The first kappa shape index (κ1) is 14.1. The Morgan fingerprint density at radius 2 is 1.68 bits per heavy atom. The third-order valence-electron chi connectivity index (χ3n) is 2.42. The number of halogens is 2. The molecule has 4 nitrogen and oxygen atoms in total. The summed E-state index contributed by atoms with van der Waals surface area (Å²) in [6.07, 6.45) is 0. The van der Waals surface area contributed by atoms with Crippen LogP contribution in [-0.2, 0) is 10.0 Å². The number of hydrogen-bond donors (Lipinski definition) is 1. The van der Waals surface area contributed by atoms with E-state index in [0.29, 0.717) is 21.6 Å². The van der Waals surface area contributed by atoms with Crippen LogP contribution in [0, 0.1) is 6.92 Å². The monoisotopic (exact) mass is 316 g/mol. The second-order valence-corrected chi connectivity index (χ2v) is 6.33. The van der Waals surface area contributed by atoms with Crippen LogP contribution >= 0.6 is 23.2 Å². The van der Waals surface area contributed by atoms with Gasteiger partial charge in [0.1, 0.15) is 5.15 Å². The lowest BCUT2D eigenvalue weighted by Gasteiger charge is -2.10. The van der Waals surface area contributed by atoms with Crippen LogP contribution in [-0.4, -0.2) is 13.4 Å². The summed E-state index contributed by atoms with van der Waals surface area (Å²) in [5.74, 6) is 0. The van der Waals surface area contributed by atoms with Crippen LogP contribution in [0.3, 0.4) is 0 Å². The number of pyridine rings is 1. The molecule has 0 amide bonds. The molecule has 1 aromatic carbocycles. The van der Waals surface area contributed by atoms with Crippen molar-refractivity contribution in [3.8, 4) is 0 Å². The number of sulfonamides is 1. The molecule has 19 heavy (non-hydrogen) atoms. The van der Waals surface area contributed by atoms with Gasteiger partial charge in [0, 0.05) is 5.02 Å². The van der Waals surface area contributed by atoms with Gasteiger partial charge < -0.3 is 0 Å². The highest BCUT2D eigenvalue weighted by Gasteiger charge is 2.15. The molecule has 100 valence electrons. The smallest absolute Gasteiger partial charge is 0.261 e. The molecule has 7 heteroatoms. The molecule has 0 unspecified atom stereocenters. The predicted molar refractivity (Wildman–Crippen MR) is 76.2 cm³/mol. The van der Waals surface area contributed by atoms with Crippen molar-refractivity contribution >= 4 is 38.9 Å². The van der Waals surface area contributed by atoms with Crippen LogP contribution in [0.4, 0.5) is 5.69 Å². The first-order valence-corrected chi connectivity index (χ1v) is 7.54. The van der Waals surface area contributed by atoms with E-state index in [-0.39, 0.29) is 4.90 Å². The maximum atomic E-state index is 12.1. The fourth-order valence-electron chi connectivity index (χ4n) is 1.46. The molecule has 0 saturated heterocycles. The van der Waals surface area contributed by atoms with Gasteiger partial charge in [-0.25, -0.2) is 13.4 Å². The maximum Gasteiger partial charge on any atom is 0.261 e. The van der Waals surface area contributed by atoms with Crippen LogP contribution in [0.5, 0.6) is 0 Å². The normalized spacial score (nSPS) is 11.3. The lowest BCUT2D eigenvalue weighted by Crippen LogP contribution is -2.14. The van der Waals surface area contributed by atoms with E-state index in [4.69, 9.17) is 23.2 Å². The summed E-state index contributed by atoms with van der Waals surface area (Å²) in [4.78, 5) is 4.11. The van der Waals surface area contributed by atoms with Crippen molar-refractivity contribution in [2.75, 3.05) is 4.72 Å². The van der Waals surface area contributed by atoms with Crippen molar-refractivity contribution in [3.05, 3.63) is 52.3 Å². The van der Waals surface area contributed by atoms with E-state index in [1.165, 1.54) is 30.3 Å². The molecule has 0 aliphatic rings. The summed E-state index contributed by atoms with van der Waals surface area (Å²) in [5, 5.41) is 0.787. The Morgan fingerprint density at radius 1 is 1.05 bits per heavy atom. The molecule has 0 aliphatic heterocycles. The summed E-state index contributed by atoms with van der Waals surface area (Å²) in [6.45, 7) is 1.67. The molecule has 2 aromatic rings. The fraction of sp³-hybridized carbons (Fsp3) is 0.0833. The first-order chi connectivity index (χ1) is 8.88. The Kier molecular flexibility index (Phi) is 3.99. The Bertz CT molecular complexity index is 700. The highest BCUT2D eigenvalue weighted by molar-refractivity contribution is 7.92. The number of rotatable bonds is 3. The van der Waals surface area contributed by atoms with Gasteiger partial charge in [-0.2, -0.15) is 0 Å². The molecule has 0 bridgehead atoms. The number of anilines is 1. The molecule has 1 N–H and O–H groups in total. The summed E-state index contributed by atoms with van der Waals surface area (Å²) < 4.78 is 26.7. The zero-order chi connectivity index (χ0) is 14.0. The standard InChI is InChI=1S/C12H10Cl2N2O2S/c1-8-11(6-7-12(14)15-8)16-19(17,18)10-4-2-9(13)3-5-10/h2-7,16H,1H3. The van der Waals surface area contributed by atoms with E-state index in [1.54, 1.807) is 13.0 Å². The van der Waals surface area contributed by atoms with Crippen LogP contribution in [0.15, 0.2) is 41.3 Å². The highest BCUT2D eigenvalue weighted by atomic mass is 35.5. The average molecular weight is 317 g/mol. The maximum absolute atomic E-state index is 12.1. The number of nitrogens with one attached hydrogen (secondary N) is 1. The lowest BCUT2D eigenvalue weighted by molar-refractivity contribution is 0.601. The largest absolute Gasteiger partial charge is 0.278 e. The van der Waals surface area contributed by atoms with Gasteiger partial charge in [0.15, 0.2) is 0 Å². The van der Waals surface area contributed by atoms with Crippen LogP contribution < -0.4 is 4.72 Å². The van der Waals surface area contributed by atoms with Crippen molar-refractivity contribution in [3.63, 3.8) is 0 Å². The van der Waals surface area contributed by atoms with E-state index in [1.807, 2.05) is 0 Å². The molecular formula is C12H10Cl2N2O2S. The Labute approximate surface area is 121 Å². The number of aromatic nitrogens is 1. The first-order valence-electron chi connectivity index (χ1n) is 5.30. The molecule has 0 spiro atoms. The minimum Gasteiger partial charge on any atom is -0.278 e. The van der Waals surface area contributed by atoms with E-state index in [2.05, 4.69) is 9.71 Å². The van der Waals surface area contributed by atoms with E-state index >= 15 is 0 Å². The Morgan fingerprint density at radius 3 is 2.26 bits per heavy atom.